The van der Waals surface area contributed by atoms with Gasteiger partial charge in [-0.15, -0.1) is 0 Å². The molecule has 2 rings (SSSR count). The van der Waals surface area contributed by atoms with E-state index in [0.717, 1.165) is 25.2 Å². The molecule has 1 amide bonds. The highest BCUT2D eigenvalue weighted by Crippen LogP contribution is 2.11. The van der Waals surface area contributed by atoms with Gasteiger partial charge in [0, 0.05) is 25.3 Å². The lowest BCUT2D eigenvalue weighted by Crippen LogP contribution is -2.30. The third-order valence-electron chi connectivity index (χ3n) is 2.80. The Hall–Kier alpha value is -1.42. The van der Waals surface area contributed by atoms with Gasteiger partial charge < -0.3 is 10.1 Å². The minimum atomic E-state index is -0.0926. The third kappa shape index (κ3) is 4.11. The van der Waals surface area contributed by atoms with Gasteiger partial charge >= 0.3 is 0 Å². The molecule has 4 heteroatoms. The van der Waals surface area contributed by atoms with Gasteiger partial charge in [0.15, 0.2) is 0 Å². The Kier molecular flexibility index (Phi) is 6.36. The van der Waals surface area contributed by atoms with E-state index in [0.29, 0.717) is 18.2 Å². The maximum atomic E-state index is 11.8. The van der Waals surface area contributed by atoms with Gasteiger partial charge in [-0.1, -0.05) is 19.9 Å². The van der Waals surface area contributed by atoms with Crippen LogP contribution < -0.4 is 5.32 Å². The first-order chi connectivity index (χ1) is 8.77. The topological polar surface area (TPSA) is 51.2 Å². The first-order valence-corrected chi connectivity index (χ1v) is 6.55. The number of nitrogens with one attached hydrogen (secondary N) is 1. The Labute approximate surface area is 109 Å². The third-order valence-corrected chi connectivity index (χ3v) is 2.80. The van der Waals surface area contributed by atoms with Crippen LogP contribution in [0.2, 0.25) is 0 Å². The van der Waals surface area contributed by atoms with Crippen LogP contribution in [0.1, 0.15) is 36.3 Å². The second-order valence-electron chi connectivity index (χ2n) is 4.11. The highest BCUT2D eigenvalue weighted by atomic mass is 16.5. The molecule has 1 unspecified atom stereocenters. The molecule has 0 aromatic carbocycles. The maximum Gasteiger partial charge on any atom is 0.270 e. The lowest BCUT2D eigenvalue weighted by molar-refractivity contribution is 0.0939. The van der Waals surface area contributed by atoms with Crippen LogP contribution in [-0.2, 0) is 4.74 Å². The number of aromatic nitrogens is 1. The van der Waals surface area contributed by atoms with E-state index < -0.39 is 0 Å². The molecule has 18 heavy (non-hydrogen) atoms. The number of hydrogen-bond donors (Lipinski definition) is 1. The summed E-state index contributed by atoms with van der Waals surface area (Å²) in [6.07, 6.45) is 2.67. The number of amides is 1. The Morgan fingerprint density at radius 1 is 1.56 bits per heavy atom. The number of rotatable bonds is 3. The van der Waals surface area contributed by atoms with Crippen LogP contribution in [0.15, 0.2) is 18.3 Å². The van der Waals surface area contributed by atoms with E-state index in [-0.39, 0.29) is 5.91 Å². The first-order valence-electron chi connectivity index (χ1n) is 6.55. The summed E-state index contributed by atoms with van der Waals surface area (Å²) < 4.78 is 5.25. The molecule has 1 saturated heterocycles. The Balaban J connectivity index is 0.000000771. The van der Waals surface area contributed by atoms with Crippen LogP contribution in [0.4, 0.5) is 0 Å². The van der Waals surface area contributed by atoms with Crippen molar-refractivity contribution in [1.82, 2.24) is 10.3 Å². The Bertz CT molecular complexity index is 374. The molecule has 0 aliphatic carbocycles. The SMILES string of the molecule is CC.Cc1cccnc1C(=O)NCC1CCOC1. The number of pyridine rings is 1. The van der Waals surface area contributed by atoms with Crippen LogP contribution in [-0.4, -0.2) is 30.6 Å². The molecule has 0 radical (unpaired) electrons. The molecular formula is C14H22N2O2. The van der Waals surface area contributed by atoms with Crippen molar-refractivity contribution in [2.75, 3.05) is 19.8 Å². The summed E-state index contributed by atoms with van der Waals surface area (Å²) in [5.74, 6) is 0.359. The first kappa shape index (κ1) is 14.6. The van der Waals surface area contributed by atoms with Crippen molar-refractivity contribution in [3.8, 4) is 0 Å². The monoisotopic (exact) mass is 250 g/mol. The molecule has 1 aliphatic heterocycles. The van der Waals surface area contributed by atoms with E-state index in [2.05, 4.69) is 10.3 Å². The summed E-state index contributed by atoms with van der Waals surface area (Å²) in [4.78, 5) is 15.9. The van der Waals surface area contributed by atoms with Crippen molar-refractivity contribution in [3.63, 3.8) is 0 Å². The molecule has 1 atom stereocenters. The van der Waals surface area contributed by atoms with Crippen LogP contribution >= 0.6 is 0 Å². The zero-order valence-corrected chi connectivity index (χ0v) is 11.4. The number of carbonyl (C=O) groups is 1. The normalized spacial score (nSPS) is 17.8. The molecule has 100 valence electrons. The average Bonchev–Trinajstić information content (AvgIpc) is 2.92. The van der Waals surface area contributed by atoms with E-state index >= 15 is 0 Å². The fourth-order valence-corrected chi connectivity index (χ4v) is 1.79. The fourth-order valence-electron chi connectivity index (χ4n) is 1.79. The molecule has 1 N–H and O–H groups in total. The molecule has 0 spiro atoms. The average molecular weight is 250 g/mol. The minimum Gasteiger partial charge on any atom is -0.381 e. The summed E-state index contributed by atoms with van der Waals surface area (Å²) in [6.45, 7) is 8.13. The summed E-state index contributed by atoms with van der Waals surface area (Å²) >= 11 is 0. The van der Waals surface area contributed by atoms with Crippen LogP contribution in [0.5, 0.6) is 0 Å². The van der Waals surface area contributed by atoms with Crippen LogP contribution in [0, 0.1) is 12.8 Å². The molecule has 2 heterocycles. The van der Waals surface area contributed by atoms with Crippen LogP contribution in [0.25, 0.3) is 0 Å². The lowest BCUT2D eigenvalue weighted by Gasteiger charge is -2.09. The summed E-state index contributed by atoms with van der Waals surface area (Å²) in [5, 5.41) is 2.90. The van der Waals surface area contributed by atoms with Gasteiger partial charge in [-0.3, -0.25) is 9.78 Å². The second kappa shape index (κ2) is 7.82. The van der Waals surface area contributed by atoms with Gasteiger partial charge in [-0.2, -0.15) is 0 Å². The molecule has 1 aromatic heterocycles. The largest absolute Gasteiger partial charge is 0.381 e. The molecule has 4 nitrogen and oxygen atoms in total. The Morgan fingerprint density at radius 2 is 2.33 bits per heavy atom. The van der Waals surface area contributed by atoms with Gasteiger partial charge in [0.25, 0.3) is 5.91 Å². The van der Waals surface area contributed by atoms with Gasteiger partial charge in [0.1, 0.15) is 5.69 Å². The number of ether oxygens (including phenoxy) is 1. The predicted molar refractivity (Wildman–Crippen MR) is 71.6 cm³/mol. The van der Waals surface area contributed by atoms with Crippen molar-refractivity contribution >= 4 is 5.91 Å². The predicted octanol–water partition coefficient (Wildman–Crippen LogP) is 2.18. The van der Waals surface area contributed by atoms with Gasteiger partial charge in [0.2, 0.25) is 0 Å². The molecular weight excluding hydrogens is 228 g/mol. The summed E-state index contributed by atoms with van der Waals surface area (Å²) in [5.41, 5.74) is 1.42. The van der Waals surface area contributed by atoms with E-state index in [1.165, 1.54) is 0 Å². The highest BCUT2D eigenvalue weighted by molar-refractivity contribution is 5.93. The molecule has 0 bridgehead atoms. The van der Waals surface area contributed by atoms with E-state index in [1.54, 1.807) is 6.20 Å². The van der Waals surface area contributed by atoms with E-state index in [1.807, 2.05) is 32.9 Å². The lowest BCUT2D eigenvalue weighted by atomic mass is 10.1. The highest BCUT2D eigenvalue weighted by Gasteiger charge is 2.17. The van der Waals surface area contributed by atoms with Crippen molar-refractivity contribution in [2.45, 2.75) is 27.2 Å². The quantitative estimate of drug-likeness (QED) is 0.894. The molecule has 0 saturated carbocycles. The van der Waals surface area contributed by atoms with Crippen molar-refractivity contribution in [1.29, 1.82) is 0 Å². The second-order valence-corrected chi connectivity index (χ2v) is 4.11. The zero-order valence-electron chi connectivity index (χ0n) is 11.4. The van der Waals surface area contributed by atoms with Crippen molar-refractivity contribution in [3.05, 3.63) is 29.6 Å². The Morgan fingerprint density at radius 3 is 2.94 bits per heavy atom. The van der Waals surface area contributed by atoms with Gasteiger partial charge in [-0.05, 0) is 25.0 Å². The smallest absolute Gasteiger partial charge is 0.270 e. The standard InChI is InChI=1S/C12H16N2O2.C2H6/c1-9-3-2-5-13-11(9)12(15)14-7-10-4-6-16-8-10;1-2/h2-3,5,10H,4,6-8H2,1H3,(H,14,15);1-2H3. The number of carbonyl (C=O) groups excluding carboxylic acids is 1. The van der Waals surface area contributed by atoms with E-state index in [9.17, 15) is 4.79 Å². The number of hydrogen-bond acceptors (Lipinski definition) is 3. The number of aryl methyl sites for hydroxylation is 1. The maximum absolute atomic E-state index is 11.8. The van der Waals surface area contributed by atoms with Gasteiger partial charge in [-0.25, -0.2) is 0 Å². The molecule has 1 aliphatic rings. The van der Waals surface area contributed by atoms with Crippen molar-refractivity contribution in [2.24, 2.45) is 5.92 Å². The number of nitrogens with zero attached hydrogens (tertiary/aromatic N) is 1. The summed E-state index contributed by atoms with van der Waals surface area (Å²) in [6, 6.07) is 3.72. The summed E-state index contributed by atoms with van der Waals surface area (Å²) in [7, 11) is 0. The van der Waals surface area contributed by atoms with Gasteiger partial charge in [0.05, 0.1) is 6.61 Å². The van der Waals surface area contributed by atoms with E-state index in [4.69, 9.17) is 4.74 Å². The minimum absolute atomic E-state index is 0.0926. The fraction of sp³-hybridized carbons (Fsp3) is 0.571. The molecule has 1 fully saturated rings. The van der Waals surface area contributed by atoms with Crippen molar-refractivity contribution < 1.29 is 9.53 Å². The molecule has 1 aromatic rings. The zero-order chi connectivity index (χ0) is 13.4. The van der Waals surface area contributed by atoms with Crippen LogP contribution in [0.3, 0.4) is 0 Å².